The van der Waals surface area contributed by atoms with E-state index in [9.17, 15) is 4.79 Å². The van der Waals surface area contributed by atoms with Gasteiger partial charge in [-0.3, -0.25) is 0 Å². The smallest absolute Gasteiger partial charge is 0.410 e. The lowest BCUT2D eigenvalue weighted by Crippen LogP contribution is -2.48. The summed E-state index contributed by atoms with van der Waals surface area (Å²) in [6.45, 7) is 5.61. The van der Waals surface area contributed by atoms with Crippen LogP contribution in [0.15, 0.2) is 23.2 Å². The molecular formula is C17H24N4O2. The lowest BCUT2D eigenvalue weighted by Gasteiger charge is -2.39. The summed E-state index contributed by atoms with van der Waals surface area (Å²) in [6.07, 6.45) is 2.75. The predicted octanol–water partition coefficient (Wildman–Crippen LogP) is 2.71. The number of unbranched alkanes of at least 4 members (excludes halogenated alkanes) is 1. The molecule has 1 aromatic carbocycles. The van der Waals surface area contributed by atoms with Crippen LogP contribution in [0, 0.1) is 0 Å². The second-order valence-electron chi connectivity index (χ2n) is 6.07. The summed E-state index contributed by atoms with van der Waals surface area (Å²) in [4.78, 5) is 21.0. The number of ether oxygens (including phenoxy) is 1. The van der Waals surface area contributed by atoms with Gasteiger partial charge in [-0.25, -0.2) is 9.79 Å². The Morgan fingerprint density at radius 1 is 1.39 bits per heavy atom. The van der Waals surface area contributed by atoms with Crippen molar-refractivity contribution >= 4 is 17.7 Å². The van der Waals surface area contributed by atoms with Crippen LogP contribution in [0.1, 0.15) is 31.7 Å². The third-order valence-corrected chi connectivity index (χ3v) is 4.19. The molecular weight excluding hydrogens is 292 g/mol. The third-order valence-electron chi connectivity index (χ3n) is 4.19. The first-order valence-corrected chi connectivity index (χ1v) is 8.30. The predicted molar refractivity (Wildman–Crippen MR) is 90.1 cm³/mol. The van der Waals surface area contributed by atoms with E-state index in [0.29, 0.717) is 12.3 Å². The number of carbonyl (C=O) groups excluding carboxylic acids is 1. The highest BCUT2D eigenvalue weighted by atomic mass is 16.6. The Labute approximate surface area is 137 Å². The molecule has 1 amide bonds. The molecule has 1 N–H and O–H groups in total. The van der Waals surface area contributed by atoms with Gasteiger partial charge in [0.1, 0.15) is 5.75 Å². The topological polar surface area (TPSA) is 57.2 Å². The van der Waals surface area contributed by atoms with Crippen molar-refractivity contribution in [2.75, 3.05) is 26.7 Å². The fourth-order valence-electron chi connectivity index (χ4n) is 2.93. The van der Waals surface area contributed by atoms with Crippen molar-refractivity contribution in [1.29, 1.82) is 0 Å². The van der Waals surface area contributed by atoms with Crippen molar-refractivity contribution in [2.24, 2.45) is 4.99 Å². The number of benzene rings is 1. The zero-order valence-corrected chi connectivity index (χ0v) is 13.8. The second-order valence-corrected chi connectivity index (χ2v) is 6.07. The van der Waals surface area contributed by atoms with E-state index in [1.807, 2.05) is 12.1 Å². The molecule has 0 bridgehead atoms. The number of guanidine groups is 1. The number of aliphatic imine (C=N–C) groups is 1. The molecule has 23 heavy (non-hydrogen) atoms. The number of nitrogens with one attached hydrogen (secondary N) is 1. The number of fused-ring (bicyclic) bond motifs is 2. The molecule has 6 nitrogen and oxygen atoms in total. The van der Waals surface area contributed by atoms with Crippen LogP contribution >= 0.6 is 0 Å². The fourth-order valence-corrected chi connectivity index (χ4v) is 2.93. The average molecular weight is 316 g/mol. The summed E-state index contributed by atoms with van der Waals surface area (Å²) >= 11 is 0. The molecule has 6 heteroatoms. The zero-order chi connectivity index (χ0) is 16.2. The Balaban J connectivity index is 1.70. The quantitative estimate of drug-likeness (QED) is 0.868. The molecule has 124 valence electrons. The van der Waals surface area contributed by atoms with Crippen molar-refractivity contribution in [3.8, 4) is 5.75 Å². The van der Waals surface area contributed by atoms with Crippen molar-refractivity contribution < 1.29 is 9.53 Å². The molecule has 0 spiro atoms. The maximum absolute atomic E-state index is 11.7. The Morgan fingerprint density at radius 3 is 3.09 bits per heavy atom. The molecule has 2 aliphatic heterocycles. The lowest BCUT2D eigenvalue weighted by molar-refractivity contribution is 0.200. The first kappa shape index (κ1) is 15.6. The number of amides is 1. The van der Waals surface area contributed by atoms with Gasteiger partial charge in [-0.1, -0.05) is 13.3 Å². The third kappa shape index (κ3) is 3.57. The fraction of sp³-hybridized carbons (Fsp3) is 0.529. The maximum Gasteiger partial charge on any atom is 0.412 e. The summed E-state index contributed by atoms with van der Waals surface area (Å²) in [5.74, 6) is 1.61. The first-order chi connectivity index (χ1) is 11.2. The van der Waals surface area contributed by atoms with E-state index < -0.39 is 6.09 Å². The van der Waals surface area contributed by atoms with Gasteiger partial charge in [-0.05, 0) is 31.0 Å². The monoisotopic (exact) mass is 316 g/mol. The van der Waals surface area contributed by atoms with Crippen LogP contribution in [-0.4, -0.2) is 48.5 Å². The van der Waals surface area contributed by atoms with E-state index in [-0.39, 0.29) is 0 Å². The van der Waals surface area contributed by atoms with Gasteiger partial charge >= 0.3 is 6.09 Å². The summed E-state index contributed by atoms with van der Waals surface area (Å²) < 4.78 is 5.36. The molecule has 0 saturated carbocycles. The van der Waals surface area contributed by atoms with Crippen molar-refractivity contribution in [1.82, 2.24) is 15.1 Å². The Bertz CT molecular complexity index is 615. The lowest BCUT2D eigenvalue weighted by atomic mass is 10.1. The van der Waals surface area contributed by atoms with Crippen LogP contribution < -0.4 is 10.1 Å². The molecule has 2 heterocycles. The first-order valence-electron chi connectivity index (χ1n) is 8.30. The Hall–Kier alpha value is -2.24. The van der Waals surface area contributed by atoms with Crippen LogP contribution in [-0.2, 0) is 6.54 Å². The SMILES string of the molecule is CCCCNC(=O)Oc1ccc2c(c1)CN1CCCN(C)C1=N2. The number of rotatable bonds is 4. The molecule has 0 atom stereocenters. The minimum absolute atomic E-state index is 0.392. The summed E-state index contributed by atoms with van der Waals surface area (Å²) in [5.41, 5.74) is 2.06. The molecule has 0 radical (unpaired) electrons. The van der Waals surface area contributed by atoms with Gasteiger partial charge < -0.3 is 19.9 Å². The van der Waals surface area contributed by atoms with E-state index >= 15 is 0 Å². The Morgan fingerprint density at radius 2 is 2.26 bits per heavy atom. The average Bonchev–Trinajstić information content (AvgIpc) is 2.54. The number of hydrogen-bond acceptors (Lipinski definition) is 5. The van der Waals surface area contributed by atoms with Gasteiger partial charge in [0.25, 0.3) is 0 Å². The number of carbonyl (C=O) groups is 1. The maximum atomic E-state index is 11.7. The highest BCUT2D eigenvalue weighted by molar-refractivity contribution is 5.85. The van der Waals surface area contributed by atoms with Gasteiger partial charge in [0.15, 0.2) is 0 Å². The molecule has 1 saturated heterocycles. The van der Waals surface area contributed by atoms with Gasteiger partial charge in [0.05, 0.1) is 5.69 Å². The molecule has 0 aromatic heterocycles. The summed E-state index contributed by atoms with van der Waals surface area (Å²) in [6, 6.07) is 5.65. The van der Waals surface area contributed by atoms with Crippen LogP contribution in [0.25, 0.3) is 0 Å². The second kappa shape index (κ2) is 6.89. The van der Waals surface area contributed by atoms with Crippen molar-refractivity contribution in [3.63, 3.8) is 0 Å². The van der Waals surface area contributed by atoms with Gasteiger partial charge in [-0.15, -0.1) is 0 Å². The zero-order valence-electron chi connectivity index (χ0n) is 13.8. The number of hydrogen-bond donors (Lipinski definition) is 1. The van der Waals surface area contributed by atoms with Crippen molar-refractivity contribution in [2.45, 2.75) is 32.7 Å². The molecule has 3 rings (SSSR count). The van der Waals surface area contributed by atoms with E-state index in [4.69, 9.17) is 9.73 Å². The molecule has 0 aliphatic carbocycles. The van der Waals surface area contributed by atoms with Crippen molar-refractivity contribution in [3.05, 3.63) is 23.8 Å². The molecule has 1 aromatic rings. The summed E-state index contributed by atoms with van der Waals surface area (Å²) in [5, 5.41) is 2.76. The van der Waals surface area contributed by atoms with Crippen LogP contribution in [0.5, 0.6) is 5.75 Å². The van der Waals surface area contributed by atoms with Gasteiger partial charge in [-0.2, -0.15) is 0 Å². The normalized spacial score (nSPS) is 16.3. The van der Waals surface area contributed by atoms with E-state index in [2.05, 4.69) is 29.1 Å². The standard InChI is InChI=1S/C17H24N4O2/c1-3-4-8-18-17(22)23-14-6-7-15-13(11-14)12-21-10-5-9-20(2)16(21)19-15/h6-7,11H,3-5,8-10,12H2,1-2H3,(H,18,22). The minimum atomic E-state index is -0.392. The van der Waals surface area contributed by atoms with Crippen LogP contribution in [0.4, 0.5) is 10.5 Å². The molecule has 2 aliphatic rings. The van der Waals surface area contributed by atoms with E-state index in [1.165, 1.54) is 0 Å². The van der Waals surface area contributed by atoms with Gasteiger partial charge in [0, 0.05) is 38.8 Å². The van der Waals surface area contributed by atoms with E-state index in [1.54, 1.807) is 6.07 Å². The molecule has 1 fully saturated rings. The van der Waals surface area contributed by atoms with Crippen LogP contribution in [0.3, 0.4) is 0 Å². The highest BCUT2D eigenvalue weighted by Gasteiger charge is 2.26. The number of nitrogens with zero attached hydrogens (tertiary/aromatic N) is 3. The Kier molecular flexibility index (Phi) is 4.69. The molecule has 0 unspecified atom stereocenters. The van der Waals surface area contributed by atoms with Gasteiger partial charge in [0.2, 0.25) is 5.96 Å². The minimum Gasteiger partial charge on any atom is -0.410 e. The highest BCUT2D eigenvalue weighted by Crippen LogP contribution is 2.31. The van der Waals surface area contributed by atoms with E-state index in [0.717, 1.165) is 56.1 Å². The van der Waals surface area contributed by atoms with Crippen LogP contribution in [0.2, 0.25) is 0 Å². The summed E-state index contributed by atoms with van der Waals surface area (Å²) in [7, 11) is 2.08. The largest absolute Gasteiger partial charge is 0.412 e.